The number of ether oxygens (including phenoxy) is 1. The molecule has 0 bridgehead atoms. The zero-order valence-corrected chi connectivity index (χ0v) is 12.1. The minimum Gasteiger partial charge on any atom is -0.369 e. The molecular weight excluding hydrogens is 255 g/mol. The summed E-state index contributed by atoms with van der Waals surface area (Å²) in [5.74, 6) is -0.918. The third-order valence-electron chi connectivity index (χ3n) is 4.54. The minimum atomic E-state index is -4.07. The van der Waals surface area contributed by atoms with Gasteiger partial charge >= 0.3 is 6.18 Å². The molecule has 0 radical (unpaired) electrons. The highest BCUT2D eigenvalue weighted by molar-refractivity contribution is 5.01. The van der Waals surface area contributed by atoms with Crippen LogP contribution in [0, 0.1) is 11.8 Å². The van der Waals surface area contributed by atoms with Gasteiger partial charge in [-0.05, 0) is 47.0 Å². The van der Waals surface area contributed by atoms with Gasteiger partial charge in [0.1, 0.15) is 0 Å². The second-order valence-electron chi connectivity index (χ2n) is 7.11. The lowest BCUT2D eigenvalue weighted by Crippen LogP contribution is -2.51. The van der Waals surface area contributed by atoms with Gasteiger partial charge in [-0.25, -0.2) is 0 Å². The summed E-state index contributed by atoms with van der Waals surface area (Å²) in [7, 11) is 0. The van der Waals surface area contributed by atoms with Crippen LogP contribution >= 0.6 is 0 Å². The Morgan fingerprint density at radius 3 is 2.11 bits per heavy atom. The van der Waals surface area contributed by atoms with Crippen LogP contribution in [0.15, 0.2) is 0 Å². The van der Waals surface area contributed by atoms with Crippen molar-refractivity contribution < 1.29 is 17.9 Å². The fourth-order valence-electron chi connectivity index (χ4n) is 3.73. The molecule has 0 saturated carbocycles. The summed E-state index contributed by atoms with van der Waals surface area (Å²) < 4.78 is 44.0. The molecule has 1 N–H and O–H groups in total. The molecule has 0 amide bonds. The molecule has 2 fully saturated rings. The minimum absolute atomic E-state index is 0.0428. The van der Waals surface area contributed by atoms with Crippen molar-refractivity contribution in [2.45, 2.75) is 70.4 Å². The van der Waals surface area contributed by atoms with E-state index in [1.807, 2.05) is 13.8 Å². The van der Waals surface area contributed by atoms with Crippen LogP contribution in [0.2, 0.25) is 0 Å². The Kier molecular flexibility index (Phi) is 3.67. The van der Waals surface area contributed by atoms with E-state index in [1.165, 1.54) is 0 Å². The maximum atomic E-state index is 12.7. The predicted octanol–water partition coefficient (Wildman–Crippen LogP) is 3.51. The molecule has 2 heterocycles. The Bertz CT molecular complexity index is 330. The van der Waals surface area contributed by atoms with Gasteiger partial charge in [-0.1, -0.05) is 0 Å². The highest BCUT2D eigenvalue weighted by Gasteiger charge is 2.51. The van der Waals surface area contributed by atoms with Crippen molar-refractivity contribution in [1.29, 1.82) is 0 Å². The predicted molar refractivity (Wildman–Crippen MR) is 67.9 cm³/mol. The van der Waals surface area contributed by atoms with Gasteiger partial charge < -0.3 is 10.1 Å². The lowest BCUT2D eigenvalue weighted by atomic mass is 9.77. The van der Waals surface area contributed by atoms with E-state index in [2.05, 4.69) is 19.2 Å². The second kappa shape index (κ2) is 4.62. The molecule has 2 rings (SSSR count). The number of nitrogens with one attached hydrogen (secondary N) is 1. The summed E-state index contributed by atoms with van der Waals surface area (Å²) >= 11 is 0. The lowest BCUT2D eigenvalue weighted by Gasteiger charge is -2.38. The number of alkyl halides is 3. The highest BCUT2D eigenvalue weighted by atomic mass is 19.4. The number of hydrogen-bond donors (Lipinski definition) is 1. The maximum absolute atomic E-state index is 12.7. The van der Waals surface area contributed by atoms with E-state index in [-0.39, 0.29) is 36.1 Å². The van der Waals surface area contributed by atoms with Crippen LogP contribution < -0.4 is 5.32 Å². The summed E-state index contributed by atoms with van der Waals surface area (Å²) in [6, 6.07) is 0.135. The molecule has 2 aliphatic heterocycles. The molecule has 2 aliphatic rings. The Labute approximate surface area is 113 Å². The molecule has 5 heteroatoms. The summed E-state index contributed by atoms with van der Waals surface area (Å²) in [6.07, 6.45) is -2.36. The average Bonchev–Trinajstić information content (AvgIpc) is 2.45. The summed E-state index contributed by atoms with van der Waals surface area (Å²) in [5.41, 5.74) is -0.455. The number of piperidine rings is 1. The number of rotatable bonds is 1. The van der Waals surface area contributed by atoms with Gasteiger partial charge in [-0.15, -0.1) is 0 Å². The first-order valence-electron chi connectivity index (χ1n) is 7.01. The van der Waals surface area contributed by atoms with Gasteiger partial charge in [-0.2, -0.15) is 13.2 Å². The smallest absolute Gasteiger partial charge is 0.369 e. The largest absolute Gasteiger partial charge is 0.393 e. The molecular formula is C14H24F3NO. The van der Waals surface area contributed by atoms with E-state index in [0.717, 1.165) is 6.42 Å². The van der Waals surface area contributed by atoms with Crippen molar-refractivity contribution in [3.8, 4) is 0 Å². The molecule has 2 saturated heterocycles. The van der Waals surface area contributed by atoms with Crippen molar-refractivity contribution in [2.24, 2.45) is 11.8 Å². The fourth-order valence-corrected chi connectivity index (χ4v) is 3.73. The zero-order valence-electron chi connectivity index (χ0n) is 12.1. The van der Waals surface area contributed by atoms with Crippen LogP contribution in [-0.4, -0.2) is 30.0 Å². The first-order valence-corrected chi connectivity index (χ1v) is 7.01. The quantitative estimate of drug-likeness (QED) is 0.793. The third-order valence-corrected chi connectivity index (χ3v) is 4.54. The molecule has 3 unspecified atom stereocenters. The van der Waals surface area contributed by atoms with Gasteiger partial charge in [-0.3, -0.25) is 0 Å². The first-order chi connectivity index (χ1) is 8.51. The summed E-state index contributed by atoms with van der Waals surface area (Å²) in [5, 5.41) is 3.11. The van der Waals surface area contributed by atoms with Gasteiger partial charge in [0, 0.05) is 18.5 Å². The number of hydrogen-bond acceptors (Lipinski definition) is 2. The Morgan fingerprint density at radius 2 is 1.74 bits per heavy atom. The molecule has 3 atom stereocenters. The fraction of sp³-hybridized carbons (Fsp3) is 1.00. The van der Waals surface area contributed by atoms with Gasteiger partial charge in [0.25, 0.3) is 0 Å². The van der Waals surface area contributed by atoms with E-state index in [9.17, 15) is 13.2 Å². The molecule has 0 aromatic rings. The molecule has 0 spiro atoms. The molecule has 19 heavy (non-hydrogen) atoms. The van der Waals surface area contributed by atoms with Crippen LogP contribution in [-0.2, 0) is 4.74 Å². The molecule has 0 aromatic heterocycles. The molecule has 112 valence electrons. The average molecular weight is 279 g/mol. The molecule has 0 aliphatic carbocycles. The van der Waals surface area contributed by atoms with Crippen molar-refractivity contribution >= 4 is 0 Å². The van der Waals surface area contributed by atoms with Crippen LogP contribution in [0.5, 0.6) is 0 Å². The van der Waals surface area contributed by atoms with Crippen LogP contribution in [0.1, 0.15) is 47.0 Å². The topological polar surface area (TPSA) is 21.3 Å². The lowest BCUT2D eigenvalue weighted by molar-refractivity contribution is -0.180. The standard InChI is InChI=1S/C14H24F3NO/c1-12(2)7-10(13(3,4)19-12)11-6-5-9(8-18-11)14(15,16)17/h9-11,18H,5-8H2,1-4H3. The summed E-state index contributed by atoms with van der Waals surface area (Å²) in [4.78, 5) is 0. The van der Waals surface area contributed by atoms with E-state index in [0.29, 0.717) is 6.42 Å². The summed E-state index contributed by atoms with van der Waals surface area (Å²) in [6.45, 7) is 8.24. The van der Waals surface area contributed by atoms with Gasteiger partial charge in [0.15, 0.2) is 0 Å². The maximum Gasteiger partial charge on any atom is 0.393 e. The van der Waals surface area contributed by atoms with Crippen molar-refractivity contribution in [1.82, 2.24) is 5.32 Å². The number of halogens is 3. The van der Waals surface area contributed by atoms with Crippen LogP contribution in [0.3, 0.4) is 0 Å². The van der Waals surface area contributed by atoms with Crippen LogP contribution in [0.4, 0.5) is 13.2 Å². The third kappa shape index (κ3) is 3.24. The van der Waals surface area contributed by atoms with Crippen molar-refractivity contribution in [3.05, 3.63) is 0 Å². The van der Waals surface area contributed by atoms with E-state index >= 15 is 0 Å². The van der Waals surface area contributed by atoms with E-state index in [1.54, 1.807) is 0 Å². The highest BCUT2D eigenvalue weighted by Crippen LogP contribution is 2.45. The van der Waals surface area contributed by atoms with Crippen molar-refractivity contribution in [2.75, 3.05) is 6.54 Å². The van der Waals surface area contributed by atoms with Gasteiger partial charge in [0.05, 0.1) is 17.1 Å². The van der Waals surface area contributed by atoms with E-state index in [4.69, 9.17) is 4.74 Å². The van der Waals surface area contributed by atoms with Crippen LogP contribution in [0.25, 0.3) is 0 Å². The monoisotopic (exact) mass is 279 g/mol. The molecule has 0 aromatic carbocycles. The zero-order chi connectivity index (χ0) is 14.5. The van der Waals surface area contributed by atoms with Gasteiger partial charge in [0.2, 0.25) is 0 Å². The van der Waals surface area contributed by atoms with E-state index < -0.39 is 12.1 Å². The Balaban J connectivity index is 1.99. The normalized spacial score (nSPS) is 38.4. The second-order valence-corrected chi connectivity index (χ2v) is 7.11. The van der Waals surface area contributed by atoms with Crippen molar-refractivity contribution in [3.63, 3.8) is 0 Å². The molecule has 2 nitrogen and oxygen atoms in total. The first kappa shape index (κ1) is 15.1. The Hall–Kier alpha value is -0.290. The Morgan fingerprint density at radius 1 is 1.11 bits per heavy atom. The SMILES string of the molecule is CC1(C)CC(C2CCC(C(F)(F)F)CN2)C(C)(C)O1.